The maximum absolute atomic E-state index is 12.2. The van der Waals surface area contributed by atoms with E-state index in [0.29, 0.717) is 11.7 Å². The van der Waals surface area contributed by atoms with Gasteiger partial charge in [0.15, 0.2) is 5.82 Å². The first kappa shape index (κ1) is 15.2. The number of aromatic nitrogens is 2. The smallest absolute Gasteiger partial charge is 0.232 e. The minimum absolute atomic E-state index is 0.0768. The van der Waals surface area contributed by atoms with Crippen LogP contribution in [0.4, 0.5) is 5.82 Å². The topological polar surface area (TPSA) is 54.9 Å². The SMILES string of the molecule is CC(C)Cc1ccc([C@@H](C)C(=O)Nc2cnccn2)cc1. The Balaban J connectivity index is 2.02. The largest absolute Gasteiger partial charge is 0.309 e. The highest BCUT2D eigenvalue weighted by atomic mass is 16.1. The molecular weight excluding hydrogens is 262 g/mol. The molecule has 1 N–H and O–H groups in total. The zero-order valence-electron chi connectivity index (χ0n) is 12.7. The van der Waals surface area contributed by atoms with Crippen molar-refractivity contribution in [2.75, 3.05) is 5.32 Å². The second-order valence-electron chi connectivity index (χ2n) is 5.64. The molecule has 0 aliphatic heterocycles. The summed E-state index contributed by atoms with van der Waals surface area (Å²) in [6.45, 7) is 6.29. The Bertz CT molecular complexity index is 579. The molecule has 1 amide bonds. The van der Waals surface area contributed by atoms with E-state index in [0.717, 1.165) is 12.0 Å². The summed E-state index contributed by atoms with van der Waals surface area (Å²) in [5, 5.41) is 2.77. The van der Waals surface area contributed by atoms with Crippen molar-refractivity contribution < 1.29 is 4.79 Å². The molecule has 0 radical (unpaired) electrons. The number of nitrogens with one attached hydrogen (secondary N) is 1. The molecule has 1 aromatic heterocycles. The van der Waals surface area contributed by atoms with Crippen molar-refractivity contribution in [3.8, 4) is 0 Å². The third-order valence-electron chi connectivity index (χ3n) is 3.33. The van der Waals surface area contributed by atoms with Crippen LogP contribution >= 0.6 is 0 Å². The van der Waals surface area contributed by atoms with Gasteiger partial charge in [0.05, 0.1) is 12.1 Å². The first-order valence-electron chi connectivity index (χ1n) is 7.22. The van der Waals surface area contributed by atoms with Gasteiger partial charge in [0.25, 0.3) is 0 Å². The second kappa shape index (κ2) is 6.97. The van der Waals surface area contributed by atoms with Crippen LogP contribution in [0.5, 0.6) is 0 Å². The van der Waals surface area contributed by atoms with Crippen LogP contribution in [-0.4, -0.2) is 15.9 Å². The quantitative estimate of drug-likeness (QED) is 0.914. The van der Waals surface area contributed by atoms with Crippen molar-refractivity contribution in [2.45, 2.75) is 33.1 Å². The van der Waals surface area contributed by atoms with Gasteiger partial charge in [-0.2, -0.15) is 0 Å². The standard InChI is InChI=1S/C17H21N3O/c1-12(2)10-14-4-6-15(7-5-14)13(3)17(21)20-16-11-18-8-9-19-16/h4-9,11-13H,10H2,1-3H3,(H,19,20,21)/t13-/m1/s1. The molecule has 0 bridgehead atoms. The summed E-state index contributed by atoms with van der Waals surface area (Å²) in [6, 6.07) is 8.25. The maximum atomic E-state index is 12.2. The van der Waals surface area contributed by atoms with Gasteiger partial charge in [0.1, 0.15) is 0 Å². The fourth-order valence-electron chi connectivity index (χ4n) is 2.16. The molecule has 4 nitrogen and oxygen atoms in total. The highest BCUT2D eigenvalue weighted by Crippen LogP contribution is 2.19. The van der Waals surface area contributed by atoms with Crippen LogP contribution in [0.25, 0.3) is 0 Å². The average molecular weight is 283 g/mol. The summed E-state index contributed by atoms with van der Waals surface area (Å²) in [5.41, 5.74) is 2.30. The van der Waals surface area contributed by atoms with Crippen LogP contribution < -0.4 is 5.32 Å². The van der Waals surface area contributed by atoms with Gasteiger partial charge in [-0.25, -0.2) is 4.98 Å². The van der Waals surface area contributed by atoms with E-state index in [1.54, 1.807) is 12.4 Å². The molecule has 0 aliphatic carbocycles. The predicted octanol–water partition coefficient (Wildman–Crippen LogP) is 3.42. The van der Waals surface area contributed by atoms with E-state index in [1.165, 1.54) is 11.8 Å². The van der Waals surface area contributed by atoms with Crippen LogP contribution in [0.3, 0.4) is 0 Å². The summed E-state index contributed by atoms with van der Waals surface area (Å²) in [6.07, 6.45) is 5.73. The summed E-state index contributed by atoms with van der Waals surface area (Å²) < 4.78 is 0. The zero-order chi connectivity index (χ0) is 15.2. The van der Waals surface area contributed by atoms with Crippen molar-refractivity contribution in [3.63, 3.8) is 0 Å². The lowest BCUT2D eigenvalue weighted by Crippen LogP contribution is -2.19. The second-order valence-corrected chi connectivity index (χ2v) is 5.64. The molecule has 2 aromatic rings. The van der Waals surface area contributed by atoms with Gasteiger partial charge in [0.2, 0.25) is 5.91 Å². The molecule has 4 heteroatoms. The molecule has 1 aromatic carbocycles. The summed E-state index contributed by atoms with van der Waals surface area (Å²) in [4.78, 5) is 20.2. The van der Waals surface area contributed by atoms with Crippen LogP contribution in [0.1, 0.15) is 37.8 Å². The Morgan fingerprint density at radius 3 is 2.43 bits per heavy atom. The van der Waals surface area contributed by atoms with E-state index in [4.69, 9.17) is 0 Å². The Kier molecular flexibility index (Phi) is 5.04. The van der Waals surface area contributed by atoms with E-state index in [2.05, 4.69) is 41.3 Å². The predicted molar refractivity (Wildman–Crippen MR) is 84.1 cm³/mol. The monoisotopic (exact) mass is 283 g/mol. The molecule has 0 saturated heterocycles. The van der Waals surface area contributed by atoms with E-state index in [-0.39, 0.29) is 11.8 Å². The third-order valence-corrected chi connectivity index (χ3v) is 3.33. The lowest BCUT2D eigenvalue weighted by atomic mass is 9.96. The maximum Gasteiger partial charge on any atom is 0.232 e. The van der Waals surface area contributed by atoms with Crippen LogP contribution in [0.15, 0.2) is 42.9 Å². The van der Waals surface area contributed by atoms with E-state index >= 15 is 0 Å². The molecular formula is C17H21N3O. The third kappa shape index (κ3) is 4.38. The van der Waals surface area contributed by atoms with Crippen molar-refractivity contribution in [1.82, 2.24) is 9.97 Å². The Morgan fingerprint density at radius 2 is 1.86 bits per heavy atom. The first-order chi connectivity index (χ1) is 10.1. The zero-order valence-corrected chi connectivity index (χ0v) is 12.7. The van der Waals surface area contributed by atoms with Gasteiger partial charge < -0.3 is 5.32 Å². The normalized spacial score (nSPS) is 12.2. The highest BCUT2D eigenvalue weighted by molar-refractivity contribution is 5.94. The Morgan fingerprint density at radius 1 is 1.14 bits per heavy atom. The lowest BCUT2D eigenvalue weighted by molar-refractivity contribution is -0.117. The van der Waals surface area contributed by atoms with Crippen LogP contribution in [0.2, 0.25) is 0 Å². The molecule has 1 heterocycles. The van der Waals surface area contributed by atoms with E-state index in [9.17, 15) is 4.79 Å². The van der Waals surface area contributed by atoms with Gasteiger partial charge >= 0.3 is 0 Å². The average Bonchev–Trinajstić information content (AvgIpc) is 2.47. The van der Waals surface area contributed by atoms with Gasteiger partial charge in [0, 0.05) is 12.4 Å². The van der Waals surface area contributed by atoms with Crippen molar-refractivity contribution in [3.05, 3.63) is 54.0 Å². The summed E-state index contributed by atoms with van der Waals surface area (Å²) in [7, 11) is 0. The number of hydrogen-bond acceptors (Lipinski definition) is 3. The molecule has 21 heavy (non-hydrogen) atoms. The number of hydrogen-bond donors (Lipinski definition) is 1. The van der Waals surface area contributed by atoms with Gasteiger partial charge in [-0.15, -0.1) is 0 Å². The van der Waals surface area contributed by atoms with Crippen LogP contribution in [-0.2, 0) is 11.2 Å². The number of anilines is 1. The number of nitrogens with zero attached hydrogens (tertiary/aromatic N) is 2. The van der Waals surface area contributed by atoms with Crippen molar-refractivity contribution >= 4 is 11.7 Å². The number of benzene rings is 1. The van der Waals surface area contributed by atoms with Gasteiger partial charge in [-0.3, -0.25) is 9.78 Å². The van der Waals surface area contributed by atoms with E-state index in [1.807, 2.05) is 19.1 Å². The number of carbonyl (C=O) groups is 1. The Labute approximate surface area is 125 Å². The van der Waals surface area contributed by atoms with Gasteiger partial charge in [-0.1, -0.05) is 38.1 Å². The molecule has 0 unspecified atom stereocenters. The number of amides is 1. The molecule has 0 saturated carbocycles. The van der Waals surface area contributed by atoms with E-state index < -0.39 is 0 Å². The van der Waals surface area contributed by atoms with Crippen molar-refractivity contribution in [2.24, 2.45) is 5.92 Å². The van der Waals surface area contributed by atoms with Crippen molar-refractivity contribution in [1.29, 1.82) is 0 Å². The Hall–Kier alpha value is -2.23. The number of carbonyl (C=O) groups excluding carboxylic acids is 1. The molecule has 0 aliphatic rings. The fourth-order valence-corrected chi connectivity index (χ4v) is 2.16. The highest BCUT2D eigenvalue weighted by Gasteiger charge is 2.15. The first-order valence-corrected chi connectivity index (χ1v) is 7.22. The molecule has 2 rings (SSSR count). The number of rotatable bonds is 5. The minimum atomic E-state index is -0.222. The fraction of sp³-hybridized carbons (Fsp3) is 0.353. The molecule has 1 atom stereocenters. The lowest BCUT2D eigenvalue weighted by Gasteiger charge is -2.13. The summed E-state index contributed by atoms with van der Waals surface area (Å²) >= 11 is 0. The molecule has 0 fully saturated rings. The molecule has 110 valence electrons. The molecule has 0 spiro atoms. The minimum Gasteiger partial charge on any atom is -0.309 e. The van der Waals surface area contributed by atoms with Gasteiger partial charge in [-0.05, 0) is 30.4 Å². The van der Waals surface area contributed by atoms with Crippen LogP contribution in [0, 0.1) is 5.92 Å². The summed E-state index contributed by atoms with van der Waals surface area (Å²) in [5.74, 6) is 0.811.